The number of piperazine rings is 1. The van der Waals surface area contributed by atoms with E-state index in [-0.39, 0.29) is 0 Å². The van der Waals surface area contributed by atoms with Crippen molar-refractivity contribution in [2.75, 3.05) is 24.6 Å². The number of hydrogen-bond acceptors (Lipinski definition) is 3. The van der Waals surface area contributed by atoms with Crippen LogP contribution in [0.4, 0.5) is 0 Å². The van der Waals surface area contributed by atoms with Gasteiger partial charge in [-0.15, -0.1) is 0 Å². The fourth-order valence-corrected chi connectivity index (χ4v) is 4.89. The number of benzene rings is 1. The first kappa shape index (κ1) is 15.4. The second-order valence-electron chi connectivity index (χ2n) is 6.75. The predicted octanol–water partition coefficient (Wildman–Crippen LogP) is 3.55. The molecule has 3 heteroatoms. The maximum Gasteiger partial charge on any atom is 0.0450 e. The van der Waals surface area contributed by atoms with E-state index in [1.165, 1.54) is 29.9 Å². The SMILES string of the molecule is CC(C)C1CNC(c2ccccc2)CN1C1CCCSC1. The highest BCUT2D eigenvalue weighted by Crippen LogP contribution is 2.30. The summed E-state index contributed by atoms with van der Waals surface area (Å²) in [6.07, 6.45) is 2.78. The van der Waals surface area contributed by atoms with Crippen molar-refractivity contribution in [3.63, 3.8) is 0 Å². The average molecular weight is 305 g/mol. The van der Waals surface area contributed by atoms with Crippen molar-refractivity contribution in [3.8, 4) is 0 Å². The summed E-state index contributed by atoms with van der Waals surface area (Å²) in [6.45, 7) is 7.03. The van der Waals surface area contributed by atoms with Crippen molar-refractivity contribution in [1.82, 2.24) is 10.2 Å². The summed E-state index contributed by atoms with van der Waals surface area (Å²) in [4.78, 5) is 2.82. The number of hydrogen-bond donors (Lipinski definition) is 1. The summed E-state index contributed by atoms with van der Waals surface area (Å²) in [5.74, 6) is 3.41. The van der Waals surface area contributed by atoms with Crippen molar-refractivity contribution < 1.29 is 0 Å². The van der Waals surface area contributed by atoms with Gasteiger partial charge in [-0.3, -0.25) is 4.90 Å². The van der Waals surface area contributed by atoms with Crippen molar-refractivity contribution in [2.24, 2.45) is 5.92 Å². The van der Waals surface area contributed by atoms with Crippen LogP contribution in [0.2, 0.25) is 0 Å². The van der Waals surface area contributed by atoms with Gasteiger partial charge in [-0.2, -0.15) is 11.8 Å². The third-order valence-electron chi connectivity index (χ3n) is 4.97. The molecule has 2 saturated heterocycles. The van der Waals surface area contributed by atoms with E-state index >= 15 is 0 Å². The van der Waals surface area contributed by atoms with Crippen molar-refractivity contribution in [1.29, 1.82) is 0 Å². The zero-order valence-corrected chi connectivity index (χ0v) is 14.1. The lowest BCUT2D eigenvalue weighted by molar-refractivity contribution is 0.0592. The topological polar surface area (TPSA) is 15.3 Å². The highest BCUT2D eigenvalue weighted by atomic mass is 32.2. The van der Waals surface area contributed by atoms with Gasteiger partial charge in [-0.25, -0.2) is 0 Å². The van der Waals surface area contributed by atoms with Gasteiger partial charge in [-0.1, -0.05) is 44.2 Å². The Morgan fingerprint density at radius 1 is 1.24 bits per heavy atom. The molecule has 3 unspecified atom stereocenters. The van der Waals surface area contributed by atoms with E-state index in [0.717, 1.165) is 25.0 Å². The number of rotatable bonds is 3. The Hall–Kier alpha value is -0.510. The van der Waals surface area contributed by atoms with Gasteiger partial charge in [0.05, 0.1) is 0 Å². The van der Waals surface area contributed by atoms with E-state index in [1.807, 2.05) is 0 Å². The monoisotopic (exact) mass is 304 g/mol. The summed E-state index contributed by atoms with van der Waals surface area (Å²) >= 11 is 2.15. The molecule has 21 heavy (non-hydrogen) atoms. The predicted molar refractivity (Wildman–Crippen MR) is 92.9 cm³/mol. The molecule has 3 atom stereocenters. The van der Waals surface area contributed by atoms with Crippen molar-refractivity contribution >= 4 is 11.8 Å². The molecular formula is C18H28N2S. The maximum absolute atomic E-state index is 3.79. The molecule has 1 aromatic rings. The lowest BCUT2D eigenvalue weighted by atomic mass is 9.93. The first-order chi connectivity index (χ1) is 10.3. The Balaban J connectivity index is 1.75. The molecular weight excluding hydrogens is 276 g/mol. The number of nitrogens with zero attached hydrogens (tertiary/aromatic N) is 1. The highest BCUT2D eigenvalue weighted by molar-refractivity contribution is 7.99. The van der Waals surface area contributed by atoms with Crippen LogP contribution in [-0.2, 0) is 0 Å². The zero-order chi connectivity index (χ0) is 14.7. The highest BCUT2D eigenvalue weighted by Gasteiger charge is 2.35. The maximum atomic E-state index is 3.79. The van der Waals surface area contributed by atoms with Crippen LogP contribution in [-0.4, -0.2) is 41.6 Å². The van der Waals surface area contributed by atoms with E-state index in [9.17, 15) is 0 Å². The fourth-order valence-electron chi connectivity index (χ4n) is 3.72. The van der Waals surface area contributed by atoms with E-state index in [0.29, 0.717) is 12.1 Å². The van der Waals surface area contributed by atoms with Crippen LogP contribution in [0.15, 0.2) is 30.3 Å². The van der Waals surface area contributed by atoms with Crippen molar-refractivity contribution in [2.45, 2.75) is 44.8 Å². The molecule has 0 amide bonds. The number of thioether (sulfide) groups is 1. The molecule has 2 aliphatic rings. The minimum Gasteiger partial charge on any atom is -0.307 e. The Morgan fingerprint density at radius 3 is 2.71 bits per heavy atom. The second-order valence-corrected chi connectivity index (χ2v) is 7.90. The Kier molecular flexibility index (Phi) is 5.25. The molecule has 0 aliphatic carbocycles. The third-order valence-corrected chi connectivity index (χ3v) is 6.17. The van der Waals surface area contributed by atoms with Gasteiger partial charge >= 0.3 is 0 Å². The van der Waals surface area contributed by atoms with Crippen LogP contribution in [0.1, 0.15) is 38.3 Å². The van der Waals surface area contributed by atoms with E-state index in [2.05, 4.69) is 66.2 Å². The smallest absolute Gasteiger partial charge is 0.0450 e. The molecule has 2 heterocycles. The summed E-state index contributed by atoms with van der Waals surface area (Å²) in [5, 5.41) is 3.79. The van der Waals surface area contributed by atoms with E-state index < -0.39 is 0 Å². The normalized spacial score (nSPS) is 31.5. The van der Waals surface area contributed by atoms with Crippen LogP contribution in [0.5, 0.6) is 0 Å². The van der Waals surface area contributed by atoms with Gasteiger partial charge in [0.1, 0.15) is 0 Å². The lowest BCUT2D eigenvalue weighted by Gasteiger charge is -2.47. The van der Waals surface area contributed by atoms with Crippen LogP contribution in [0.25, 0.3) is 0 Å². The van der Waals surface area contributed by atoms with Crippen LogP contribution >= 0.6 is 11.8 Å². The average Bonchev–Trinajstić information content (AvgIpc) is 2.56. The summed E-state index contributed by atoms with van der Waals surface area (Å²) in [7, 11) is 0. The first-order valence-corrected chi connectivity index (χ1v) is 9.53. The van der Waals surface area contributed by atoms with Gasteiger partial charge in [0.25, 0.3) is 0 Å². The summed E-state index contributed by atoms with van der Waals surface area (Å²) in [6, 6.07) is 12.9. The molecule has 0 spiro atoms. The molecule has 1 N–H and O–H groups in total. The molecule has 1 aromatic carbocycles. The molecule has 3 rings (SSSR count). The molecule has 0 aromatic heterocycles. The largest absolute Gasteiger partial charge is 0.307 e. The molecule has 0 saturated carbocycles. The molecule has 116 valence electrons. The summed E-state index contributed by atoms with van der Waals surface area (Å²) in [5.41, 5.74) is 1.44. The quantitative estimate of drug-likeness (QED) is 0.919. The fraction of sp³-hybridized carbons (Fsp3) is 0.667. The minimum atomic E-state index is 0.494. The van der Waals surface area contributed by atoms with Crippen LogP contribution in [0.3, 0.4) is 0 Å². The van der Waals surface area contributed by atoms with Gasteiger partial charge in [0.2, 0.25) is 0 Å². The lowest BCUT2D eigenvalue weighted by Crippen LogP contribution is -2.59. The summed E-state index contributed by atoms with van der Waals surface area (Å²) < 4.78 is 0. The minimum absolute atomic E-state index is 0.494. The van der Waals surface area contributed by atoms with Gasteiger partial charge < -0.3 is 5.32 Å². The second kappa shape index (κ2) is 7.17. The third kappa shape index (κ3) is 3.64. The standard InChI is InChI=1S/C18H28N2S/c1-14(2)18-11-19-17(15-7-4-3-5-8-15)12-20(18)16-9-6-10-21-13-16/h3-5,7-8,14,16-19H,6,9-13H2,1-2H3. The zero-order valence-electron chi connectivity index (χ0n) is 13.3. The van der Waals surface area contributed by atoms with Crippen molar-refractivity contribution in [3.05, 3.63) is 35.9 Å². The number of nitrogens with one attached hydrogen (secondary N) is 1. The Morgan fingerprint density at radius 2 is 2.05 bits per heavy atom. The van der Waals surface area contributed by atoms with Crippen LogP contribution < -0.4 is 5.32 Å². The Bertz CT molecular complexity index is 428. The Labute approximate surface area is 133 Å². The van der Waals surface area contributed by atoms with Gasteiger partial charge in [0.15, 0.2) is 0 Å². The van der Waals surface area contributed by atoms with E-state index in [4.69, 9.17) is 0 Å². The molecule has 2 nitrogen and oxygen atoms in total. The molecule has 2 aliphatic heterocycles. The van der Waals surface area contributed by atoms with E-state index in [1.54, 1.807) is 0 Å². The van der Waals surface area contributed by atoms with Gasteiger partial charge in [0, 0.05) is 37.0 Å². The molecule has 0 radical (unpaired) electrons. The molecule has 2 fully saturated rings. The van der Waals surface area contributed by atoms with Gasteiger partial charge in [-0.05, 0) is 30.1 Å². The molecule has 0 bridgehead atoms. The van der Waals surface area contributed by atoms with Crippen LogP contribution in [0, 0.1) is 5.92 Å². The first-order valence-electron chi connectivity index (χ1n) is 8.37.